The fourth-order valence-electron chi connectivity index (χ4n) is 4.92. The Balaban J connectivity index is 1.17. The number of rotatable bonds is 4. The van der Waals surface area contributed by atoms with Crippen LogP contribution in [0, 0.1) is 11.6 Å². The topological polar surface area (TPSA) is 68.3 Å². The number of allylic oxidation sites excluding steroid dienone is 2. The van der Waals surface area contributed by atoms with Crippen molar-refractivity contribution in [2.75, 3.05) is 0 Å². The second kappa shape index (κ2) is 9.59. The Hall–Kier alpha value is -4.44. The largest absolute Gasteiger partial charge is 0.288 e. The summed E-state index contributed by atoms with van der Waals surface area (Å²) in [5.74, 6) is -2.57. The molecule has 0 fully saturated rings. The van der Waals surface area contributed by atoms with E-state index in [0.29, 0.717) is 51.5 Å². The van der Waals surface area contributed by atoms with E-state index in [0.717, 1.165) is 22.7 Å². The number of hydrogen-bond donors (Lipinski definition) is 0. The molecule has 0 N–H and O–H groups in total. The van der Waals surface area contributed by atoms with E-state index in [9.17, 15) is 19.2 Å². The van der Waals surface area contributed by atoms with Crippen LogP contribution >= 0.6 is 34.0 Å². The maximum absolute atomic E-state index is 15.0. The van der Waals surface area contributed by atoms with Gasteiger partial charge >= 0.3 is 0 Å². The number of carbonyl (C=O) groups excluding carboxylic acids is 4. The van der Waals surface area contributed by atoms with Gasteiger partial charge in [-0.2, -0.15) is 0 Å². The first-order valence-electron chi connectivity index (χ1n) is 12.3. The molecule has 4 nitrogen and oxygen atoms in total. The van der Waals surface area contributed by atoms with Crippen molar-refractivity contribution < 1.29 is 28.0 Å². The van der Waals surface area contributed by atoms with Gasteiger partial charge in [0.05, 0.1) is 20.9 Å². The van der Waals surface area contributed by atoms with Gasteiger partial charge in [-0.25, -0.2) is 8.78 Å². The third-order valence-electron chi connectivity index (χ3n) is 6.85. The maximum Gasteiger partial charge on any atom is 0.197 e. The van der Waals surface area contributed by atoms with Gasteiger partial charge in [-0.15, -0.1) is 34.0 Å². The van der Waals surface area contributed by atoms with Crippen LogP contribution < -0.4 is 0 Å². The lowest BCUT2D eigenvalue weighted by Crippen LogP contribution is -1.99. The van der Waals surface area contributed by atoms with Crippen molar-refractivity contribution in [3.05, 3.63) is 128 Å². The van der Waals surface area contributed by atoms with Gasteiger partial charge in [0.15, 0.2) is 23.1 Å². The number of halogens is 2. The van der Waals surface area contributed by atoms with E-state index in [1.165, 1.54) is 35.6 Å². The number of carbonyl (C=O) groups is 4. The molecule has 7 rings (SSSR count). The maximum atomic E-state index is 15.0. The van der Waals surface area contributed by atoms with Gasteiger partial charge in [0, 0.05) is 41.8 Å². The van der Waals surface area contributed by atoms with Crippen LogP contribution in [0.2, 0.25) is 0 Å². The minimum Gasteiger partial charge on any atom is -0.288 e. The van der Waals surface area contributed by atoms with Crippen LogP contribution in [0.5, 0.6) is 0 Å². The first-order valence-corrected chi connectivity index (χ1v) is 14.7. The highest BCUT2D eigenvalue weighted by Crippen LogP contribution is 2.43. The Bertz CT molecular complexity index is 1840. The normalized spacial score (nSPS) is 14.2. The third kappa shape index (κ3) is 4.12. The summed E-state index contributed by atoms with van der Waals surface area (Å²) in [5.41, 5.74) is 1.34. The molecule has 5 aromatic rings. The highest BCUT2D eigenvalue weighted by Gasteiger charge is 2.34. The van der Waals surface area contributed by atoms with Crippen molar-refractivity contribution in [1.29, 1.82) is 0 Å². The van der Waals surface area contributed by atoms with Crippen LogP contribution in [0.25, 0.3) is 31.7 Å². The van der Waals surface area contributed by atoms with Crippen molar-refractivity contribution in [2.45, 2.75) is 0 Å². The lowest BCUT2D eigenvalue weighted by Gasteiger charge is -1.94. The molecule has 3 aromatic heterocycles. The monoisotopic (exact) mass is 596 g/mol. The molecule has 0 saturated carbocycles. The van der Waals surface area contributed by atoms with E-state index in [-0.39, 0.29) is 34.3 Å². The fraction of sp³-hybridized carbons (Fsp3) is 0. The van der Waals surface area contributed by atoms with Crippen LogP contribution in [0.1, 0.15) is 51.2 Å². The van der Waals surface area contributed by atoms with Gasteiger partial charge in [-0.05, 0) is 36.4 Å². The second-order valence-electron chi connectivity index (χ2n) is 9.34. The van der Waals surface area contributed by atoms with E-state index >= 15 is 8.78 Å². The Kier molecular flexibility index (Phi) is 5.97. The van der Waals surface area contributed by atoms with Crippen LogP contribution in [-0.2, 0) is 0 Å². The van der Waals surface area contributed by atoms with Crippen LogP contribution in [-0.4, -0.2) is 23.1 Å². The van der Waals surface area contributed by atoms with E-state index < -0.39 is 11.6 Å². The summed E-state index contributed by atoms with van der Waals surface area (Å²) in [6.07, 6.45) is 2.83. The van der Waals surface area contributed by atoms with E-state index in [1.807, 2.05) is 0 Å². The van der Waals surface area contributed by atoms with Gasteiger partial charge in [0.1, 0.15) is 11.6 Å². The number of hydrogen-bond acceptors (Lipinski definition) is 7. The van der Waals surface area contributed by atoms with Crippen molar-refractivity contribution >= 4 is 69.3 Å². The average molecular weight is 597 g/mol. The molecule has 0 aliphatic heterocycles. The number of fused-ring (bicyclic) bond motifs is 2. The van der Waals surface area contributed by atoms with Crippen LogP contribution in [0.3, 0.4) is 0 Å². The number of thiophene rings is 3. The summed E-state index contributed by atoms with van der Waals surface area (Å²) in [5, 5.41) is 0. The minimum absolute atomic E-state index is 0.00417. The SMILES string of the molecule is O=C1C(=Cc2cc(F)c(-c3ccc(-c4sc(C=C5C(=O)c6ccccc6C5=O)cc4F)s3)s2)C(=O)c2ccccc21. The summed E-state index contributed by atoms with van der Waals surface area (Å²) < 4.78 is 30.0. The second-order valence-corrected chi connectivity index (χ2v) is 12.6. The minimum atomic E-state index is -0.513. The molecule has 41 heavy (non-hydrogen) atoms. The molecule has 2 aromatic carbocycles. The molecule has 0 radical (unpaired) electrons. The number of Topliss-reactive ketones (excluding diaryl/α,β-unsaturated/α-hetero) is 4. The van der Waals surface area contributed by atoms with Crippen molar-refractivity contribution in [3.63, 3.8) is 0 Å². The first-order chi connectivity index (χ1) is 19.8. The molecular weight excluding hydrogens is 583 g/mol. The molecule has 0 unspecified atom stereocenters. The molecule has 0 spiro atoms. The fourth-order valence-corrected chi connectivity index (χ4v) is 8.11. The molecule has 198 valence electrons. The summed E-state index contributed by atoms with van der Waals surface area (Å²) in [6, 6.07) is 19.1. The smallest absolute Gasteiger partial charge is 0.197 e. The Morgan fingerprint density at radius 3 is 1.17 bits per heavy atom. The zero-order chi connectivity index (χ0) is 28.4. The summed E-state index contributed by atoms with van der Waals surface area (Å²) in [4.78, 5) is 53.4. The van der Waals surface area contributed by atoms with Crippen molar-refractivity contribution in [2.24, 2.45) is 0 Å². The van der Waals surface area contributed by atoms with E-state index in [1.54, 1.807) is 60.7 Å². The lowest BCUT2D eigenvalue weighted by molar-refractivity contribution is 0.0975. The van der Waals surface area contributed by atoms with Crippen LogP contribution in [0.15, 0.2) is 83.9 Å². The molecule has 0 amide bonds. The molecule has 0 bridgehead atoms. The zero-order valence-corrected chi connectivity index (χ0v) is 23.1. The first kappa shape index (κ1) is 25.5. The van der Waals surface area contributed by atoms with Crippen molar-refractivity contribution in [3.8, 4) is 19.5 Å². The average Bonchev–Trinajstić information content (AvgIpc) is 3.77. The molecule has 0 atom stereocenters. The van der Waals surface area contributed by atoms with Crippen molar-refractivity contribution in [1.82, 2.24) is 0 Å². The molecule has 2 aliphatic carbocycles. The highest BCUT2D eigenvalue weighted by molar-refractivity contribution is 7.26. The number of ketones is 4. The molecule has 0 saturated heterocycles. The highest BCUT2D eigenvalue weighted by atomic mass is 32.1. The van der Waals surface area contributed by atoms with Crippen LogP contribution in [0.4, 0.5) is 8.78 Å². The summed E-state index contributed by atoms with van der Waals surface area (Å²) in [6.45, 7) is 0. The van der Waals surface area contributed by atoms with Gasteiger partial charge < -0.3 is 0 Å². The summed E-state index contributed by atoms with van der Waals surface area (Å²) >= 11 is 3.38. The third-order valence-corrected chi connectivity index (χ3v) is 10.4. The van der Waals surface area contributed by atoms with E-state index in [4.69, 9.17) is 0 Å². The number of benzene rings is 2. The van der Waals surface area contributed by atoms with Gasteiger partial charge in [0.2, 0.25) is 0 Å². The van der Waals surface area contributed by atoms with Gasteiger partial charge in [0.25, 0.3) is 0 Å². The standard InChI is InChI=1S/C32H14F2O4S3/c33-23-13-15(11-21-27(35)17-5-1-2-6-18(17)28(21)36)39-31(23)25-9-10-26(41-25)32-24(34)14-16(40-32)12-22-29(37)19-7-3-4-8-20(19)30(22)38/h1-14H. The molecule has 3 heterocycles. The summed E-state index contributed by atoms with van der Waals surface area (Å²) in [7, 11) is 0. The van der Waals surface area contributed by atoms with Gasteiger partial charge in [-0.1, -0.05) is 48.5 Å². The predicted molar refractivity (Wildman–Crippen MR) is 157 cm³/mol. The predicted octanol–water partition coefficient (Wildman–Crippen LogP) is 8.41. The lowest BCUT2D eigenvalue weighted by atomic mass is 10.1. The van der Waals surface area contributed by atoms with E-state index in [2.05, 4.69) is 0 Å². The molecular formula is C32H14F2O4S3. The Labute approximate surface area is 243 Å². The molecule has 2 aliphatic rings. The Morgan fingerprint density at radius 1 is 0.488 bits per heavy atom. The molecule has 9 heteroatoms. The van der Waals surface area contributed by atoms with Gasteiger partial charge in [-0.3, -0.25) is 19.2 Å². The zero-order valence-electron chi connectivity index (χ0n) is 20.7. The quantitative estimate of drug-likeness (QED) is 0.154. The Morgan fingerprint density at radius 2 is 0.829 bits per heavy atom.